The summed E-state index contributed by atoms with van der Waals surface area (Å²) in [5.41, 5.74) is 5.35. The number of anilines is 1. The SMILES string of the molecule is CCC(C)C(=O)O.Nc1c(Cl)cc([N+](=O)[O-])cc1Cl. The number of hydrogen-bond acceptors (Lipinski definition) is 4. The Morgan fingerprint density at radius 3 is 2.11 bits per heavy atom. The Morgan fingerprint density at radius 1 is 1.47 bits per heavy atom. The van der Waals surface area contributed by atoms with E-state index in [9.17, 15) is 14.9 Å². The quantitative estimate of drug-likeness (QED) is 0.504. The highest BCUT2D eigenvalue weighted by Gasteiger charge is 2.11. The van der Waals surface area contributed by atoms with E-state index in [2.05, 4.69) is 0 Å². The first-order valence-corrected chi connectivity index (χ1v) is 6.08. The number of nitrogen functional groups attached to an aromatic ring is 1. The van der Waals surface area contributed by atoms with Gasteiger partial charge in [0.15, 0.2) is 0 Å². The van der Waals surface area contributed by atoms with Crippen LogP contribution in [0.15, 0.2) is 12.1 Å². The fourth-order valence-corrected chi connectivity index (χ4v) is 1.33. The summed E-state index contributed by atoms with van der Waals surface area (Å²) >= 11 is 11.1. The first-order valence-electron chi connectivity index (χ1n) is 5.32. The lowest BCUT2D eigenvalue weighted by Gasteiger charge is -1.99. The van der Waals surface area contributed by atoms with E-state index in [0.717, 1.165) is 18.6 Å². The number of carbonyl (C=O) groups is 1. The van der Waals surface area contributed by atoms with E-state index in [4.69, 9.17) is 34.0 Å². The van der Waals surface area contributed by atoms with Crippen molar-refractivity contribution in [2.45, 2.75) is 20.3 Å². The lowest BCUT2D eigenvalue weighted by atomic mass is 10.1. The molecule has 0 fully saturated rings. The molecular formula is C11H14Cl2N2O4. The summed E-state index contributed by atoms with van der Waals surface area (Å²) in [4.78, 5) is 19.6. The third-order valence-corrected chi connectivity index (χ3v) is 2.93. The number of halogens is 2. The molecule has 0 amide bonds. The van der Waals surface area contributed by atoms with Crippen molar-refractivity contribution in [3.05, 3.63) is 32.3 Å². The maximum Gasteiger partial charge on any atom is 0.306 e. The number of hydrogen-bond donors (Lipinski definition) is 2. The van der Waals surface area contributed by atoms with Gasteiger partial charge in [0.2, 0.25) is 0 Å². The molecule has 1 rings (SSSR count). The summed E-state index contributed by atoms with van der Waals surface area (Å²) in [6, 6.07) is 2.31. The van der Waals surface area contributed by atoms with Crippen LogP contribution in [-0.4, -0.2) is 16.0 Å². The van der Waals surface area contributed by atoms with Crippen LogP contribution in [0, 0.1) is 16.0 Å². The monoisotopic (exact) mass is 308 g/mol. The summed E-state index contributed by atoms with van der Waals surface area (Å²) in [6.07, 6.45) is 0.718. The predicted octanol–water partition coefficient (Wildman–Crippen LogP) is 3.60. The lowest BCUT2D eigenvalue weighted by Crippen LogP contribution is -2.06. The largest absolute Gasteiger partial charge is 0.481 e. The highest BCUT2D eigenvalue weighted by atomic mass is 35.5. The molecule has 106 valence electrons. The number of benzene rings is 1. The Bertz CT molecular complexity index is 457. The van der Waals surface area contributed by atoms with Crippen LogP contribution >= 0.6 is 23.2 Å². The smallest absolute Gasteiger partial charge is 0.306 e. The number of carboxylic acid groups (broad SMARTS) is 1. The highest BCUT2D eigenvalue weighted by molar-refractivity contribution is 6.39. The Labute approximate surface area is 120 Å². The van der Waals surface area contributed by atoms with Gasteiger partial charge < -0.3 is 10.8 Å². The average molecular weight is 309 g/mol. The van der Waals surface area contributed by atoms with Crippen molar-refractivity contribution >= 4 is 40.5 Å². The normalized spacial score (nSPS) is 11.2. The zero-order chi connectivity index (χ0) is 15.2. The third kappa shape index (κ3) is 5.76. The summed E-state index contributed by atoms with van der Waals surface area (Å²) in [7, 11) is 0. The van der Waals surface area contributed by atoms with Crippen molar-refractivity contribution in [1.29, 1.82) is 0 Å². The third-order valence-electron chi connectivity index (χ3n) is 2.31. The van der Waals surface area contributed by atoms with Crippen LogP contribution in [0.3, 0.4) is 0 Å². The molecule has 0 saturated heterocycles. The van der Waals surface area contributed by atoms with E-state index in [1.165, 1.54) is 0 Å². The predicted molar refractivity (Wildman–Crippen MR) is 74.6 cm³/mol. The van der Waals surface area contributed by atoms with E-state index >= 15 is 0 Å². The second-order valence-electron chi connectivity index (χ2n) is 3.73. The summed E-state index contributed by atoms with van der Waals surface area (Å²) in [6.45, 7) is 3.56. The van der Waals surface area contributed by atoms with E-state index in [1.807, 2.05) is 6.92 Å². The van der Waals surface area contributed by atoms with Gasteiger partial charge in [0.1, 0.15) is 0 Å². The zero-order valence-electron chi connectivity index (χ0n) is 10.4. The van der Waals surface area contributed by atoms with Gasteiger partial charge in [-0.25, -0.2) is 0 Å². The van der Waals surface area contributed by atoms with Gasteiger partial charge in [-0.1, -0.05) is 37.0 Å². The number of carboxylic acids is 1. The number of nitrogens with two attached hydrogens (primary N) is 1. The fraction of sp³-hybridized carbons (Fsp3) is 0.364. The average Bonchev–Trinajstić information content (AvgIpc) is 2.34. The van der Waals surface area contributed by atoms with Crippen molar-refractivity contribution in [1.82, 2.24) is 0 Å². The Kier molecular flexibility index (Phi) is 7.18. The van der Waals surface area contributed by atoms with Gasteiger partial charge in [0.05, 0.1) is 26.6 Å². The summed E-state index contributed by atoms with van der Waals surface area (Å²) in [5, 5.41) is 18.6. The van der Waals surface area contributed by atoms with Crippen LogP contribution in [-0.2, 0) is 4.79 Å². The van der Waals surface area contributed by atoms with E-state index in [-0.39, 0.29) is 27.3 Å². The molecule has 8 heteroatoms. The van der Waals surface area contributed by atoms with E-state index < -0.39 is 10.9 Å². The van der Waals surface area contributed by atoms with Crippen LogP contribution in [0.2, 0.25) is 10.0 Å². The number of nitro groups is 1. The Morgan fingerprint density at radius 2 is 1.89 bits per heavy atom. The molecule has 0 radical (unpaired) electrons. The first-order chi connectivity index (χ1) is 8.70. The topological polar surface area (TPSA) is 106 Å². The molecule has 3 N–H and O–H groups in total. The Balaban J connectivity index is 0.000000399. The molecule has 6 nitrogen and oxygen atoms in total. The van der Waals surface area contributed by atoms with Crippen LogP contribution in [0.4, 0.5) is 11.4 Å². The molecule has 0 aromatic heterocycles. The van der Waals surface area contributed by atoms with Crippen molar-refractivity contribution in [2.24, 2.45) is 5.92 Å². The minimum atomic E-state index is -0.706. The number of nitro benzene ring substituents is 1. The fourth-order valence-electron chi connectivity index (χ4n) is 0.851. The Hall–Kier alpha value is -1.53. The molecule has 1 aromatic rings. The lowest BCUT2D eigenvalue weighted by molar-refractivity contribution is -0.384. The van der Waals surface area contributed by atoms with E-state index in [1.54, 1.807) is 6.92 Å². The van der Waals surface area contributed by atoms with Gasteiger partial charge in [-0.05, 0) is 6.42 Å². The second-order valence-corrected chi connectivity index (χ2v) is 4.54. The van der Waals surface area contributed by atoms with Gasteiger partial charge in [0.25, 0.3) is 5.69 Å². The van der Waals surface area contributed by atoms with Gasteiger partial charge in [-0.3, -0.25) is 14.9 Å². The van der Waals surface area contributed by atoms with Crippen LogP contribution < -0.4 is 5.73 Å². The minimum absolute atomic E-state index is 0.0919. The van der Waals surface area contributed by atoms with Crippen LogP contribution in [0.5, 0.6) is 0 Å². The number of rotatable bonds is 3. The van der Waals surface area contributed by atoms with Gasteiger partial charge in [-0.2, -0.15) is 0 Å². The number of nitrogens with zero attached hydrogens (tertiary/aromatic N) is 1. The summed E-state index contributed by atoms with van der Waals surface area (Å²) < 4.78 is 0. The van der Waals surface area contributed by atoms with Gasteiger partial charge in [-0.15, -0.1) is 0 Å². The van der Waals surface area contributed by atoms with Crippen molar-refractivity contribution in [2.75, 3.05) is 5.73 Å². The molecule has 0 spiro atoms. The molecule has 1 aromatic carbocycles. The first kappa shape index (κ1) is 17.5. The molecule has 19 heavy (non-hydrogen) atoms. The van der Waals surface area contributed by atoms with Crippen LogP contribution in [0.1, 0.15) is 20.3 Å². The van der Waals surface area contributed by atoms with Crippen molar-refractivity contribution < 1.29 is 14.8 Å². The van der Waals surface area contributed by atoms with Crippen LogP contribution in [0.25, 0.3) is 0 Å². The maximum absolute atomic E-state index is 10.3. The molecule has 0 heterocycles. The minimum Gasteiger partial charge on any atom is -0.481 e. The summed E-state index contributed by atoms with van der Waals surface area (Å²) in [5.74, 6) is -0.887. The molecule has 1 unspecified atom stereocenters. The standard InChI is InChI=1S/C6H4Cl2N2O2.C5H10O2/c7-4-1-3(10(11)12)2-5(8)6(4)9;1-3-4(2)5(6)7/h1-2H,9H2;4H,3H2,1-2H3,(H,6,7). The molecular weight excluding hydrogens is 295 g/mol. The molecule has 0 aliphatic heterocycles. The maximum atomic E-state index is 10.3. The molecule has 0 aliphatic rings. The number of aliphatic carboxylic acids is 1. The molecule has 0 saturated carbocycles. The van der Waals surface area contributed by atoms with Gasteiger partial charge >= 0.3 is 5.97 Å². The molecule has 0 aliphatic carbocycles. The highest BCUT2D eigenvalue weighted by Crippen LogP contribution is 2.31. The van der Waals surface area contributed by atoms with Crippen molar-refractivity contribution in [3.63, 3.8) is 0 Å². The van der Waals surface area contributed by atoms with Crippen molar-refractivity contribution in [3.8, 4) is 0 Å². The molecule has 1 atom stereocenters. The zero-order valence-corrected chi connectivity index (χ0v) is 11.9. The number of non-ortho nitro benzene ring substituents is 1. The van der Waals surface area contributed by atoms with Gasteiger partial charge in [0, 0.05) is 12.1 Å². The second kappa shape index (κ2) is 7.81. The molecule has 0 bridgehead atoms. The van der Waals surface area contributed by atoms with E-state index in [0.29, 0.717) is 0 Å².